The Labute approximate surface area is 192 Å². The Morgan fingerprint density at radius 3 is 2.48 bits per heavy atom. The van der Waals surface area contributed by atoms with Crippen molar-refractivity contribution in [3.63, 3.8) is 0 Å². The number of rotatable bonds is 4. The van der Waals surface area contributed by atoms with E-state index in [0.717, 1.165) is 30.0 Å². The van der Waals surface area contributed by atoms with Gasteiger partial charge in [-0.1, -0.05) is 24.3 Å². The topological polar surface area (TPSA) is 77.6 Å². The molecule has 3 aromatic rings. The van der Waals surface area contributed by atoms with E-state index in [0.29, 0.717) is 25.3 Å². The number of anilines is 3. The van der Waals surface area contributed by atoms with Gasteiger partial charge in [-0.15, -0.1) is 0 Å². The van der Waals surface area contributed by atoms with Crippen LogP contribution in [-0.4, -0.2) is 48.0 Å². The molecule has 3 amide bonds. The largest absolute Gasteiger partial charge is 0.355 e. The molecule has 1 saturated heterocycles. The number of benzene rings is 2. The molecule has 4 rings (SSSR count). The molecule has 1 aliphatic rings. The zero-order valence-corrected chi connectivity index (χ0v) is 18.4. The highest BCUT2D eigenvalue weighted by Crippen LogP contribution is 2.18. The van der Waals surface area contributed by atoms with Crippen LogP contribution in [-0.2, 0) is 0 Å². The average Bonchev–Trinajstić information content (AvgIpc) is 3.06. The first kappa shape index (κ1) is 22.3. The van der Waals surface area contributed by atoms with Gasteiger partial charge in [-0.05, 0) is 55.3 Å². The lowest BCUT2D eigenvalue weighted by molar-refractivity contribution is 0.0762. The molecule has 7 nitrogen and oxygen atoms in total. The molecule has 2 aromatic carbocycles. The van der Waals surface area contributed by atoms with Gasteiger partial charge in [0, 0.05) is 31.9 Å². The van der Waals surface area contributed by atoms with Gasteiger partial charge < -0.3 is 20.4 Å². The molecule has 33 heavy (non-hydrogen) atoms. The Hall–Kier alpha value is -3.94. The number of halogens is 1. The number of nitrogens with one attached hydrogen (secondary N) is 2. The van der Waals surface area contributed by atoms with Crippen LogP contribution in [0.5, 0.6) is 0 Å². The molecule has 1 aliphatic heterocycles. The number of pyridine rings is 1. The normalized spacial score (nSPS) is 13.9. The Morgan fingerprint density at radius 2 is 1.73 bits per heavy atom. The number of urea groups is 1. The Balaban J connectivity index is 1.34. The van der Waals surface area contributed by atoms with E-state index in [2.05, 4.69) is 20.5 Å². The Morgan fingerprint density at radius 1 is 0.909 bits per heavy atom. The Bertz CT molecular complexity index is 1140. The van der Waals surface area contributed by atoms with E-state index in [9.17, 15) is 14.0 Å². The molecule has 0 unspecified atom stereocenters. The van der Waals surface area contributed by atoms with Gasteiger partial charge in [0.15, 0.2) is 0 Å². The highest BCUT2D eigenvalue weighted by atomic mass is 19.1. The third kappa shape index (κ3) is 5.65. The molecule has 1 aromatic heterocycles. The molecule has 170 valence electrons. The number of amides is 3. The van der Waals surface area contributed by atoms with E-state index in [-0.39, 0.29) is 17.5 Å². The van der Waals surface area contributed by atoms with E-state index in [1.807, 2.05) is 37.3 Å². The summed E-state index contributed by atoms with van der Waals surface area (Å²) in [5.41, 5.74) is 2.46. The van der Waals surface area contributed by atoms with Crippen LogP contribution in [0.2, 0.25) is 0 Å². The van der Waals surface area contributed by atoms with Crippen LogP contribution in [0.25, 0.3) is 0 Å². The lowest BCUT2D eigenvalue weighted by Gasteiger charge is -2.23. The third-order valence-electron chi connectivity index (χ3n) is 5.49. The van der Waals surface area contributed by atoms with Crippen LogP contribution in [0, 0.1) is 12.7 Å². The lowest BCUT2D eigenvalue weighted by atomic mass is 10.2. The number of aryl methyl sites for hydroxylation is 1. The van der Waals surface area contributed by atoms with Gasteiger partial charge >= 0.3 is 6.03 Å². The van der Waals surface area contributed by atoms with Crippen LogP contribution in [0.4, 0.5) is 26.4 Å². The number of hydrogen-bond donors (Lipinski definition) is 2. The van der Waals surface area contributed by atoms with E-state index in [4.69, 9.17) is 0 Å². The second kappa shape index (κ2) is 10.1. The van der Waals surface area contributed by atoms with Crippen molar-refractivity contribution in [2.75, 3.05) is 41.7 Å². The SMILES string of the molecule is Cc1cccc(NC(=O)Nc2ccc(N3CCCN(C(=O)c4ccccc4F)CC3)nc2)c1. The van der Waals surface area contributed by atoms with Crippen molar-refractivity contribution in [2.45, 2.75) is 13.3 Å². The lowest BCUT2D eigenvalue weighted by Crippen LogP contribution is -2.35. The van der Waals surface area contributed by atoms with Gasteiger partial charge in [0.05, 0.1) is 17.4 Å². The first-order valence-corrected chi connectivity index (χ1v) is 10.9. The summed E-state index contributed by atoms with van der Waals surface area (Å²) < 4.78 is 14.0. The molecule has 0 spiro atoms. The zero-order chi connectivity index (χ0) is 23.2. The quantitative estimate of drug-likeness (QED) is 0.616. The highest BCUT2D eigenvalue weighted by Gasteiger charge is 2.22. The first-order valence-electron chi connectivity index (χ1n) is 10.9. The van der Waals surface area contributed by atoms with Gasteiger partial charge in [-0.3, -0.25) is 4.79 Å². The number of carbonyl (C=O) groups excluding carboxylic acids is 2. The van der Waals surface area contributed by atoms with Gasteiger partial charge in [0.1, 0.15) is 11.6 Å². The fraction of sp³-hybridized carbons (Fsp3) is 0.240. The van der Waals surface area contributed by atoms with E-state index >= 15 is 0 Å². The summed E-state index contributed by atoms with van der Waals surface area (Å²) in [4.78, 5) is 33.2. The van der Waals surface area contributed by atoms with Gasteiger partial charge in [0.25, 0.3) is 5.91 Å². The predicted octanol–water partition coefficient (Wildman–Crippen LogP) is 4.53. The van der Waals surface area contributed by atoms with E-state index in [1.165, 1.54) is 12.1 Å². The summed E-state index contributed by atoms with van der Waals surface area (Å²) in [6.07, 6.45) is 2.36. The minimum absolute atomic E-state index is 0.100. The van der Waals surface area contributed by atoms with Crippen molar-refractivity contribution in [3.05, 3.63) is 83.8 Å². The fourth-order valence-corrected chi connectivity index (χ4v) is 3.82. The fourth-order valence-electron chi connectivity index (χ4n) is 3.82. The van der Waals surface area contributed by atoms with Crippen molar-refractivity contribution in [3.8, 4) is 0 Å². The molecule has 0 atom stereocenters. The Kier molecular flexibility index (Phi) is 6.83. The molecule has 1 fully saturated rings. The maximum atomic E-state index is 14.0. The van der Waals surface area contributed by atoms with Crippen molar-refractivity contribution < 1.29 is 14.0 Å². The second-order valence-corrected chi connectivity index (χ2v) is 7.97. The summed E-state index contributed by atoms with van der Waals surface area (Å²) >= 11 is 0. The smallest absolute Gasteiger partial charge is 0.323 e. The van der Waals surface area contributed by atoms with Crippen molar-refractivity contribution in [1.82, 2.24) is 9.88 Å². The summed E-state index contributed by atoms with van der Waals surface area (Å²) in [7, 11) is 0. The number of carbonyl (C=O) groups is 2. The van der Waals surface area contributed by atoms with Crippen LogP contribution in [0.15, 0.2) is 66.9 Å². The highest BCUT2D eigenvalue weighted by molar-refractivity contribution is 5.99. The molecule has 0 saturated carbocycles. The summed E-state index contributed by atoms with van der Waals surface area (Å²) in [6.45, 7) is 4.32. The number of hydrogen-bond acceptors (Lipinski definition) is 4. The van der Waals surface area contributed by atoms with E-state index < -0.39 is 5.82 Å². The van der Waals surface area contributed by atoms with Crippen LogP contribution in [0.3, 0.4) is 0 Å². The molecule has 0 aliphatic carbocycles. The molecule has 0 bridgehead atoms. The third-order valence-corrected chi connectivity index (χ3v) is 5.49. The molecule has 2 heterocycles. The summed E-state index contributed by atoms with van der Waals surface area (Å²) in [5, 5.41) is 5.58. The summed E-state index contributed by atoms with van der Waals surface area (Å²) in [6, 6.07) is 16.9. The predicted molar refractivity (Wildman–Crippen MR) is 127 cm³/mol. The molecule has 2 N–H and O–H groups in total. The van der Waals surface area contributed by atoms with Crippen molar-refractivity contribution in [1.29, 1.82) is 0 Å². The monoisotopic (exact) mass is 447 g/mol. The average molecular weight is 448 g/mol. The van der Waals surface area contributed by atoms with Crippen LogP contribution >= 0.6 is 0 Å². The van der Waals surface area contributed by atoms with Gasteiger partial charge in [-0.25, -0.2) is 14.2 Å². The molecular weight excluding hydrogens is 421 g/mol. The van der Waals surface area contributed by atoms with Crippen molar-refractivity contribution >= 4 is 29.1 Å². The standard InChI is InChI=1S/C25H26FN5O2/c1-18-6-4-7-19(16-18)28-25(33)29-20-10-11-23(27-17-20)30-12-5-13-31(15-14-30)24(32)21-8-2-3-9-22(21)26/h2-4,6-11,16-17H,5,12-15H2,1H3,(H2,28,29,33). The molecular formula is C25H26FN5O2. The van der Waals surface area contributed by atoms with Crippen LogP contribution in [0.1, 0.15) is 22.3 Å². The van der Waals surface area contributed by atoms with Gasteiger partial charge in [0.2, 0.25) is 0 Å². The number of aromatic nitrogens is 1. The van der Waals surface area contributed by atoms with Gasteiger partial charge in [-0.2, -0.15) is 0 Å². The second-order valence-electron chi connectivity index (χ2n) is 7.97. The van der Waals surface area contributed by atoms with Crippen LogP contribution < -0.4 is 15.5 Å². The maximum absolute atomic E-state index is 14.0. The molecule has 8 heteroatoms. The summed E-state index contributed by atoms with van der Waals surface area (Å²) in [5.74, 6) is -0.0262. The first-order chi connectivity index (χ1) is 16.0. The zero-order valence-electron chi connectivity index (χ0n) is 18.4. The maximum Gasteiger partial charge on any atom is 0.323 e. The number of nitrogens with zero attached hydrogens (tertiary/aromatic N) is 3. The van der Waals surface area contributed by atoms with E-state index in [1.54, 1.807) is 29.3 Å². The minimum atomic E-state index is -0.500. The van der Waals surface area contributed by atoms with Crippen molar-refractivity contribution in [2.24, 2.45) is 0 Å². The minimum Gasteiger partial charge on any atom is -0.355 e. The molecule has 0 radical (unpaired) electrons.